The number of amides is 1. The maximum absolute atomic E-state index is 12.9. The molecule has 0 bridgehead atoms. The van der Waals surface area contributed by atoms with Gasteiger partial charge in [-0.25, -0.2) is 8.42 Å². The smallest absolute Gasteiger partial charge is 0.255 e. The zero-order valence-electron chi connectivity index (χ0n) is 14.4. The highest BCUT2D eigenvalue weighted by Crippen LogP contribution is 2.25. The second-order valence-corrected chi connectivity index (χ2v) is 9.08. The summed E-state index contributed by atoms with van der Waals surface area (Å²) in [7, 11) is -3.49. The van der Waals surface area contributed by atoms with Gasteiger partial charge >= 0.3 is 0 Å². The van der Waals surface area contributed by atoms with Crippen LogP contribution in [0.5, 0.6) is 0 Å². The fourth-order valence-corrected chi connectivity index (χ4v) is 4.18. The van der Waals surface area contributed by atoms with Crippen molar-refractivity contribution in [1.29, 1.82) is 0 Å². The first-order valence-electron chi connectivity index (χ1n) is 8.13. The molecule has 0 spiro atoms. The predicted molar refractivity (Wildman–Crippen MR) is 98.3 cm³/mol. The lowest BCUT2D eigenvalue weighted by molar-refractivity contribution is 0.0657. The van der Waals surface area contributed by atoms with Crippen LogP contribution in [-0.2, 0) is 9.84 Å². The molecule has 1 fully saturated rings. The molecule has 136 valence electrons. The highest BCUT2D eigenvalue weighted by molar-refractivity contribution is 7.92. The van der Waals surface area contributed by atoms with Gasteiger partial charge in [0.2, 0.25) is 0 Å². The lowest BCUT2D eigenvalue weighted by Gasteiger charge is -2.35. The largest absolute Gasteiger partial charge is 0.338 e. The Hall–Kier alpha value is -1.11. The number of nitrogens with zero attached hydrogens (tertiary/aromatic N) is 1. The Morgan fingerprint density at radius 2 is 1.88 bits per heavy atom. The fraction of sp³-hybridized carbons (Fsp3) is 0.588. The maximum Gasteiger partial charge on any atom is 0.255 e. The van der Waals surface area contributed by atoms with Crippen LogP contribution in [0.4, 0.5) is 0 Å². The number of rotatable bonds is 4. The highest BCUT2D eigenvalue weighted by Gasteiger charge is 2.30. The lowest BCUT2D eigenvalue weighted by atomic mass is 9.92. The van der Waals surface area contributed by atoms with Gasteiger partial charge in [0, 0.05) is 19.1 Å². The molecule has 1 saturated heterocycles. The average Bonchev–Trinajstić information content (AvgIpc) is 2.54. The summed E-state index contributed by atoms with van der Waals surface area (Å²) in [6.45, 7) is 6.45. The van der Waals surface area contributed by atoms with Crippen LogP contribution in [0.2, 0.25) is 0 Å². The van der Waals surface area contributed by atoms with Crippen LogP contribution in [0.15, 0.2) is 29.2 Å². The SMILES string of the molecule is CC(N)C1CCCN(C(=O)c2ccccc2S(=O)(=O)C(C)C)C1.Cl. The zero-order valence-corrected chi connectivity index (χ0v) is 16.1. The van der Waals surface area contributed by atoms with Crippen molar-refractivity contribution in [2.24, 2.45) is 11.7 Å². The molecule has 0 saturated carbocycles. The first-order chi connectivity index (χ1) is 10.7. The van der Waals surface area contributed by atoms with E-state index in [0.717, 1.165) is 12.8 Å². The van der Waals surface area contributed by atoms with E-state index in [2.05, 4.69) is 0 Å². The molecule has 1 heterocycles. The second-order valence-electron chi connectivity index (χ2n) is 6.60. The number of sulfone groups is 1. The molecule has 1 amide bonds. The molecule has 7 heteroatoms. The summed E-state index contributed by atoms with van der Waals surface area (Å²) >= 11 is 0. The first kappa shape index (κ1) is 20.9. The van der Waals surface area contributed by atoms with Crippen molar-refractivity contribution < 1.29 is 13.2 Å². The van der Waals surface area contributed by atoms with E-state index in [1.165, 1.54) is 6.07 Å². The Morgan fingerprint density at radius 3 is 2.46 bits per heavy atom. The summed E-state index contributed by atoms with van der Waals surface area (Å²) in [6.07, 6.45) is 1.91. The summed E-state index contributed by atoms with van der Waals surface area (Å²) in [5.41, 5.74) is 6.24. The third-order valence-corrected chi connectivity index (χ3v) is 6.74. The molecule has 2 unspecified atom stereocenters. The van der Waals surface area contributed by atoms with E-state index in [1.54, 1.807) is 36.9 Å². The number of nitrogens with two attached hydrogens (primary N) is 1. The van der Waals surface area contributed by atoms with E-state index in [0.29, 0.717) is 13.1 Å². The summed E-state index contributed by atoms with van der Waals surface area (Å²) in [5, 5.41) is -0.561. The van der Waals surface area contributed by atoms with Crippen LogP contribution in [0.25, 0.3) is 0 Å². The normalized spacial score (nSPS) is 19.7. The van der Waals surface area contributed by atoms with Gasteiger partial charge in [0.25, 0.3) is 5.91 Å². The van der Waals surface area contributed by atoms with E-state index >= 15 is 0 Å². The number of piperidine rings is 1. The van der Waals surface area contributed by atoms with Gasteiger partial charge < -0.3 is 10.6 Å². The number of benzene rings is 1. The van der Waals surface area contributed by atoms with Gasteiger partial charge in [0.1, 0.15) is 0 Å². The third-order valence-electron chi connectivity index (χ3n) is 4.53. The van der Waals surface area contributed by atoms with Gasteiger partial charge in [-0.15, -0.1) is 12.4 Å². The first-order valence-corrected chi connectivity index (χ1v) is 9.67. The minimum Gasteiger partial charge on any atom is -0.338 e. The number of hydrogen-bond donors (Lipinski definition) is 1. The van der Waals surface area contributed by atoms with E-state index in [1.807, 2.05) is 6.92 Å². The molecule has 2 atom stereocenters. The monoisotopic (exact) mass is 374 g/mol. The van der Waals surface area contributed by atoms with Crippen LogP contribution in [0.1, 0.15) is 44.0 Å². The quantitative estimate of drug-likeness (QED) is 0.877. The van der Waals surface area contributed by atoms with Crippen molar-refractivity contribution in [3.05, 3.63) is 29.8 Å². The Kier molecular flexibility index (Phi) is 7.25. The van der Waals surface area contributed by atoms with Crippen molar-refractivity contribution in [3.8, 4) is 0 Å². The van der Waals surface area contributed by atoms with E-state index in [4.69, 9.17) is 5.73 Å². The van der Waals surface area contributed by atoms with E-state index in [9.17, 15) is 13.2 Å². The molecule has 0 aromatic heterocycles. The van der Waals surface area contributed by atoms with E-state index < -0.39 is 15.1 Å². The summed E-state index contributed by atoms with van der Waals surface area (Å²) in [6, 6.07) is 6.52. The third kappa shape index (κ3) is 4.29. The average molecular weight is 375 g/mol. The van der Waals surface area contributed by atoms with Gasteiger partial charge in [0.05, 0.1) is 15.7 Å². The molecule has 1 aromatic rings. The number of hydrogen-bond acceptors (Lipinski definition) is 4. The summed E-state index contributed by atoms with van der Waals surface area (Å²) < 4.78 is 25.0. The number of halogens is 1. The van der Waals surface area contributed by atoms with Gasteiger partial charge in [0.15, 0.2) is 9.84 Å². The molecule has 1 aliphatic heterocycles. The molecule has 24 heavy (non-hydrogen) atoms. The van der Waals surface area contributed by atoms with Crippen LogP contribution < -0.4 is 5.73 Å². The number of carbonyl (C=O) groups excluding carboxylic acids is 1. The Bertz CT molecular complexity index is 674. The van der Waals surface area contributed by atoms with E-state index in [-0.39, 0.29) is 40.7 Å². The molecule has 1 aliphatic rings. The van der Waals surface area contributed by atoms with Crippen LogP contribution in [0, 0.1) is 5.92 Å². The standard InChI is InChI=1S/C17H26N2O3S.ClH/c1-12(2)23(21,22)16-9-5-4-8-15(16)17(20)19-10-6-7-14(11-19)13(3)18;/h4-5,8-9,12-14H,6-7,10-11,18H2,1-3H3;1H. The van der Waals surface area contributed by atoms with Crippen LogP contribution in [0.3, 0.4) is 0 Å². The predicted octanol–water partition coefficient (Wildman–Crippen LogP) is 2.49. The number of carbonyl (C=O) groups is 1. The molecule has 2 N–H and O–H groups in total. The van der Waals surface area contributed by atoms with Crippen molar-refractivity contribution in [2.75, 3.05) is 13.1 Å². The molecule has 0 aliphatic carbocycles. The molecular weight excluding hydrogens is 348 g/mol. The number of likely N-dealkylation sites (tertiary alicyclic amines) is 1. The maximum atomic E-state index is 12.9. The van der Waals surface area contributed by atoms with Gasteiger partial charge in [-0.05, 0) is 51.7 Å². The topological polar surface area (TPSA) is 80.5 Å². The van der Waals surface area contributed by atoms with Crippen molar-refractivity contribution >= 4 is 28.2 Å². The molecule has 0 radical (unpaired) electrons. The second kappa shape index (κ2) is 8.32. The van der Waals surface area contributed by atoms with Gasteiger partial charge in [-0.2, -0.15) is 0 Å². The Morgan fingerprint density at radius 1 is 1.25 bits per heavy atom. The van der Waals surface area contributed by atoms with Crippen LogP contribution in [-0.4, -0.2) is 43.6 Å². The van der Waals surface area contributed by atoms with Crippen LogP contribution >= 0.6 is 12.4 Å². The van der Waals surface area contributed by atoms with Crippen molar-refractivity contribution in [1.82, 2.24) is 4.90 Å². The minimum absolute atomic E-state index is 0. The van der Waals surface area contributed by atoms with Crippen molar-refractivity contribution in [2.45, 2.75) is 49.8 Å². The zero-order chi connectivity index (χ0) is 17.2. The Labute approximate surface area is 150 Å². The fourth-order valence-electron chi connectivity index (χ4n) is 2.94. The summed E-state index contributed by atoms with van der Waals surface area (Å²) in [5.74, 6) is 0.0525. The molecule has 1 aromatic carbocycles. The van der Waals surface area contributed by atoms with Gasteiger partial charge in [-0.3, -0.25) is 4.79 Å². The van der Waals surface area contributed by atoms with Crippen molar-refractivity contribution in [3.63, 3.8) is 0 Å². The lowest BCUT2D eigenvalue weighted by Crippen LogP contribution is -2.45. The summed E-state index contributed by atoms with van der Waals surface area (Å²) in [4.78, 5) is 14.7. The minimum atomic E-state index is -3.49. The Balaban J connectivity index is 0.00000288. The molecule has 2 rings (SSSR count). The highest BCUT2D eigenvalue weighted by atomic mass is 35.5. The van der Waals surface area contributed by atoms with Gasteiger partial charge in [-0.1, -0.05) is 12.1 Å². The molecular formula is C17H27ClN2O3S. The molecule has 5 nitrogen and oxygen atoms in total.